The molecule has 0 atom stereocenters. The minimum atomic E-state index is -0.164. The average molecular weight is 254 g/mol. The van der Waals surface area contributed by atoms with Crippen molar-refractivity contribution < 1.29 is 9.90 Å². The molecule has 0 aliphatic heterocycles. The zero-order valence-corrected chi connectivity index (χ0v) is 11.3. The molecule has 6 nitrogen and oxygen atoms in total. The Labute approximate surface area is 107 Å². The van der Waals surface area contributed by atoms with E-state index in [0.717, 1.165) is 12.8 Å². The first-order valence-electron chi connectivity index (χ1n) is 6.26. The Bertz CT molecular complexity index is 399. The number of aromatic nitrogens is 2. The van der Waals surface area contributed by atoms with Gasteiger partial charge in [-0.3, -0.25) is 9.48 Å². The maximum atomic E-state index is 12.4. The third-order valence-electron chi connectivity index (χ3n) is 3.20. The van der Waals surface area contributed by atoms with Crippen molar-refractivity contribution >= 4 is 11.7 Å². The second-order valence-corrected chi connectivity index (χ2v) is 4.26. The fourth-order valence-electron chi connectivity index (χ4n) is 2.05. The van der Waals surface area contributed by atoms with Crippen LogP contribution in [-0.4, -0.2) is 44.9 Å². The van der Waals surface area contributed by atoms with E-state index in [2.05, 4.69) is 5.10 Å². The predicted molar refractivity (Wildman–Crippen MR) is 70.1 cm³/mol. The van der Waals surface area contributed by atoms with Crippen molar-refractivity contribution in [1.82, 2.24) is 14.7 Å². The number of hydrogen-bond donors (Lipinski definition) is 2. The number of nitrogens with zero attached hydrogens (tertiary/aromatic N) is 3. The highest BCUT2D eigenvalue weighted by Gasteiger charge is 2.25. The second-order valence-electron chi connectivity index (χ2n) is 4.26. The quantitative estimate of drug-likeness (QED) is 0.779. The molecule has 0 radical (unpaired) electrons. The third-order valence-corrected chi connectivity index (χ3v) is 3.20. The summed E-state index contributed by atoms with van der Waals surface area (Å²) in [7, 11) is 1.69. The number of carbonyl (C=O) groups is 1. The molecule has 0 saturated heterocycles. The number of aliphatic hydroxyl groups is 1. The van der Waals surface area contributed by atoms with Crippen molar-refractivity contribution in [2.75, 3.05) is 18.9 Å². The van der Waals surface area contributed by atoms with Gasteiger partial charge in [0.1, 0.15) is 11.4 Å². The van der Waals surface area contributed by atoms with Gasteiger partial charge in [-0.1, -0.05) is 13.8 Å². The number of amides is 1. The van der Waals surface area contributed by atoms with Gasteiger partial charge < -0.3 is 15.7 Å². The van der Waals surface area contributed by atoms with Crippen molar-refractivity contribution in [1.29, 1.82) is 0 Å². The van der Waals surface area contributed by atoms with Crippen LogP contribution in [0.2, 0.25) is 0 Å². The van der Waals surface area contributed by atoms with Crippen molar-refractivity contribution in [2.45, 2.75) is 32.7 Å². The molecule has 3 N–H and O–H groups in total. The van der Waals surface area contributed by atoms with Crippen LogP contribution in [0.5, 0.6) is 0 Å². The predicted octanol–water partition coefficient (Wildman–Crippen LogP) is 0.625. The lowest BCUT2D eigenvalue weighted by Crippen LogP contribution is -2.41. The molecule has 1 rings (SSSR count). The summed E-state index contributed by atoms with van der Waals surface area (Å²) in [6.07, 6.45) is 3.18. The molecular weight excluding hydrogens is 232 g/mol. The number of nitrogens with two attached hydrogens (primary N) is 1. The van der Waals surface area contributed by atoms with Gasteiger partial charge in [-0.05, 0) is 12.8 Å². The van der Waals surface area contributed by atoms with Crippen LogP contribution in [0, 0.1) is 0 Å². The number of carbonyl (C=O) groups excluding carboxylic acids is 1. The molecule has 0 aliphatic carbocycles. The Balaban J connectivity index is 2.99. The summed E-state index contributed by atoms with van der Waals surface area (Å²) in [4.78, 5) is 14.1. The fraction of sp³-hybridized carbons (Fsp3) is 0.667. The Kier molecular flexibility index (Phi) is 5.15. The largest absolute Gasteiger partial charge is 0.395 e. The van der Waals surface area contributed by atoms with E-state index in [1.807, 2.05) is 13.8 Å². The summed E-state index contributed by atoms with van der Waals surface area (Å²) in [6, 6.07) is 0.115. The van der Waals surface area contributed by atoms with E-state index in [4.69, 9.17) is 10.8 Å². The van der Waals surface area contributed by atoms with Gasteiger partial charge in [-0.15, -0.1) is 0 Å². The summed E-state index contributed by atoms with van der Waals surface area (Å²) in [5, 5.41) is 13.1. The summed E-state index contributed by atoms with van der Waals surface area (Å²) in [5.41, 5.74) is 6.21. The van der Waals surface area contributed by atoms with Gasteiger partial charge in [0, 0.05) is 19.6 Å². The molecule has 1 aromatic heterocycles. The molecule has 0 aliphatic rings. The lowest BCUT2D eigenvalue weighted by molar-refractivity contribution is 0.0623. The number of anilines is 1. The standard InChI is InChI=1S/C12H22N4O2/c1-4-9(5-2)16(6-7-17)12(18)10-8-14-15(3)11(10)13/h8-9,17H,4-7,13H2,1-3H3. The van der Waals surface area contributed by atoms with Gasteiger partial charge in [-0.2, -0.15) is 5.10 Å². The Hall–Kier alpha value is -1.56. The normalized spacial score (nSPS) is 10.9. The van der Waals surface area contributed by atoms with Crippen LogP contribution in [-0.2, 0) is 7.05 Å². The van der Waals surface area contributed by atoms with Crippen molar-refractivity contribution in [3.05, 3.63) is 11.8 Å². The van der Waals surface area contributed by atoms with E-state index in [1.54, 1.807) is 11.9 Å². The molecule has 6 heteroatoms. The van der Waals surface area contributed by atoms with Crippen LogP contribution in [0.1, 0.15) is 37.0 Å². The SMILES string of the molecule is CCC(CC)N(CCO)C(=O)c1cnn(C)c1N. The molecule has 1 heterocycles. The topological polar surface area (TPSA) is 84.4 Å². The minimum absolute atomic E-state index is 0.0532. The molecule has 0 aromatic carbocycles. The van der Waals surface area contributed by atoms with Crippen LogP contribution in [0.15, 0.2) is 6.20 Å². The molecule has 0 fully saturated rings. The second kappa shape index (κ2) is 6.39. The highest BCUT2D eigenvalue weighted by Crippen LogP contribution is 2.17. The maximum absolute atomic E-state index is 12.4. The third kappa shape index (κ3) is 2.81. The van der Waals surface area contributed by atoms with E-state index in [9.17, 15) is 4.79 Å². The zero-order valence-electron chi connectivity index (χ0n) is 11.3. The zero-order chi connectivity index (χ0) is 13.7. The summed E-state index contributed by atoms with van der Waals surface area (Å²) < 4.78 is 1.47. The Morgan fingerprint density at radius 3 is 2.56 bits per heavy atom. The van der Waals surface area contributed by atoms with Crippen LogP contribution < -0.4 is 5.73 Å². The first-order valence-corrected chi connectivity index (χ1v) is 6.26. The lowest BCUT2D eigenvalue weighted by atomic mass is 10.1. The van der Waals surface area contributed by atoms with Gasteiger partial charge >= 0.3 is 0 Å². The van der Waals surface area contributed by atoms with Crippen LogP contribution >= 0.6 is 0 Å². The van der Waals surface area contributed by atoms with Gasteiger partial charge in [0.2, 0.25) is 0 Å². The van der Waals surface area contributed by atoms with E-state index in [1.165, 1.54) is 10.9 Å². The molecule has 1 amide bonds. The number of aryl methyl sites for hydroxylation is 1. The average Bonchev–Trinajstić information content (AvgIpc) is 2.69. The van der Waals surface area contributed by atoms with E-state index in [-0.39, 0.29) is 18.6 Å². The Morgan fingerprint density at radius 1 is 1.56 bits per heavy atom. The highest BCUT2D eigenvalue weighted by atomic mass is 16.3. The van der Waals surface area contributed by atoms with Crippen LogP contribution in [0.4, 0.5) is 5.82 Å². The minimum Gasteiger partial charge on any atom is -0.395 e. The lowest BCUT2D eigenvalue weighted by Gasteiger charge is -2.29. The van der Waals surface area contributed by atoms with Crippen molar-refractivity contribution in [2.24, 2.45) is 7.05 Å². The van der Waals surface area contributed by atoms with Gasteiger partial charge in [0.15, 0.2) is 0 Å². The maximum Gasteiger partial charge on any atom is 0.259 e. The smallest absolute Gasteiger partial charge is 0.259 e. The first-order chi connectivity index (χ1) is 8.56. The van der Waals surface area contributed by atoms with Crippen molar-refractivity contribution in [3.63, 3.8) is 0 Å². The van der Waals surface area contributed by atoms with E-state index < -0.39 is 0 Å². The van der Waals surface area contributed by atoms with Gasteiger partial charge in [0.05, 0.1) is 12.8 Å². The molecular formula is C12H22N4O2. The number of aliphatic hydroxyl groups excluding tert-OH is 1. The molecule has 18 heavy (non-hydrogen) atoms. The summed E-state index contributed by atoms with van der Waals surface area (Å²) in [5.74, 6) is 0.192. The molecule has 0 unspecified atom stereocenters. The fourth-order valence-corrected chi connectivity index (χ4v) is 2.05. The highest BCUT2D eigenvalue weighted by molar-refractivity contribution is 5.98. The molecule has 0 spiro atoms. The Morgan fingerprint density at radius 2 is 2.17 bits per heavy atom. The summed E-state index contributed by atoms with van der Waals surface area (Å²) >= 11 is 0. The molecule has 0 bridgehead atoms. The first kappa shape index (κ1) is 14.5. The number of hydrogen-bond acceptors (Lipinski definition) is 4. The molecule has 1 aromatic rings. The van der Waals surface area contributed by atoms with Crippen molar-refractivity contribution in [3.8, 4) is 0 Å². The van der Waals surface area contributed by atoms with E-state index >= 15 is 0 Å². The summed E-state index contributed by atoms with van der Waals surface area (Å²) in [6.45, 7) is 4.32. The van der Waals surface area contributed by atoms with Gasteiger partial charge in [-0.25, -0.2) is 0 Å². The van der Waals surface area contributed by atoms with E-state index in [0.29, 0.717) is 17.9 Å². The van der Waals surface area contributed by atoms with Crippen LogP contribution in [0.3, 0.4) is 0 Å². The monoisotopic (exact) mass is 254 g/mol. The number of rotatable bonds is 6. The van der Waals surface area contributed by atoms with Crippen LogP contribution in [0.25, 0.3) is 0 Å². The molecule has 0 saturated carbocycles. The van der Waals surface area contributed by atoms with Gasteiger partial charge in [0.25, 0.3) is 5.91 Å². The number of nitrogen functional groups attached to an aromatic ring is 1. The molecule has 102 valence electrons.